The van der Waals surface area contributed by atoms with Crippen LogP contribution in [0.2, 0.25) is 0 Å². The molecule has 0 spiro atoms. The molecule has 1 amide bonds. The molecule has 1 aliphatic rings. The van der Waals surface area contributed by atoms with Crippen LogP contribution in [-0.4, -0.2) is 60.0 Å². The van der Waals surface area contributed by atoms with Gasteiger partial charge in [-0.15, -0.1) is 0 Å². The van der Waals surface area contributed by atoms with Crippen molar-refractivity contribution in [3.8, 4) is 0 Å². The minimum absolute atomic E-state index is 0.0395. The number of aliphatic hydroxyl groups excluding tert-OH is 1. The summed E-state index contributed by atoms with van der Waals surface area (Å²) in [5.41, 5.74) is -1.24. The van der Waals surface area contributed by atoms with E-state index in [2.05, 4.69) is 0 Å². The van der Waals surface area contributed by atoms with E-state index in [1.54, 1.807) is 18.9 Å². The molecule has 1 heterocycles. The molecule has 1 N–H and O–H groups in total. The van der Waals surface area contributed by atoms with Crippen LogP contribution in [0.4, 0.5) is 0 Å². The second kappa shape index (κ2) is 5.55. The van der Waals surface area contributed by atoms with E-state index in [1.165, 1.54) is 0 Å². The van der Waals surface area contributed by atoms with Gasteiger partial charge in [0.2, 0.25) is 0 Å². The van der Waals surface area contributed by atoms with E-state index in [0.717, 1.165) is 0 Å². The number of rotatable bonds is 4. The number of morpholine rings is 1. The van der Waals surface area contributed by atoms with Crippen molar-refractivity contribution >= 4 is 5.91 Å². The number of hydrogen-bond acceptors (Lipinski definition) is 4. The second-order valence-corrected chi connectivity index (χ2v) is 5.66. The lowest BCUT2D eigenvalue weighted by Crippen LogP contribution is -2.60. The fourth-order valence-electron chi connectivity index (χ4n) is 2.26. The number of ether oxygens (including phenoxy) is 2. The first kappa shape index (κ1) is 15.4. The van der Waals surface area contributed by atoms with Gasteiger partial charge in [-0.1, -0.05) is 6.92 Å². The third-order valence-corrected chi connectivity index (χ3v) is 3.55. The molecule has 106 valence electrons. The van der Waals surface area contributed by atoms with Crippen LogP contribution in [0.5, 0.6) is 0 Å². The molecule has 1 rings (SSSR count). The van der Waals surface area contributed by atoms with Crippen LogP contribution < -0.4 is 0 Å². The number of nitrogens with zero attached hydrogens (tertiary/aromatic N) is 1. The zero-order valence-corrected chi connectivity index (χ0v) is 12.0. The fourth-order valence-corrected chi connectivity index (χ4v) is 2.26. The molecular formula is C13H25NO4. The van der Waals surface area contributed by atoms with Gasteiger partial charge >= 0.3 is 0 Å². The van der Waals surface area contributed by atoms with Gasteiger partial charge in [0.15, 0.2) is 0 Å². The monoisotopic (exact) mass is 259 g/mol. The molecule has 0 bridgehead atoms. The highest BCUT2D eigenvalue weighted by atomic mass is 16.5. The third-order valence-electron chi connectivity index (χ3n) is 3.55. The Morgan fingerprint density at radius 2 is 2.22 bits per heavy atom. The predicted molar refractivity (Wildman–Crippen MR) is 68.3 cm³/mol. The molecule has 0 aromatic heterocycles. The van der Waals surface area contributed by atoms with Crippen LogP contribution in [0.1, 0.15) is 34.1 Å². The Labute approximate surface area is 109 Å². The van der Waals surface area contributed by atoms with Gasteiger partial charge in [0.25, 0.3) is 5.91 Å². The van der Waals surface area contributed by atoms with E-state index < -0.39 is 11.2 Å². The minimum atomic E-state index is -0.798. The first-order chi connectivity index (χ1) is 8.28. The Bertz CT molecular complexity index is 299. The summed E-state index contributed by atoms with van der Waals surface area (Å²) in [6.07, 6.45) is 0.292. The normalized spacial score (nSPS) is 26.8. The van der Waals surface area contributed by atoms with Crippen molar-refractivity contribution in [3.63, 3.8) is 0 Å². The van der Waals surface area contributed by atoms with Crippen LogP contribution in [0, 0.1) is 0 Å². The Balaban J connectivity index is 2.85. The van der Waals surface area contributed by atoms with Crippen molar-refractivity contribution in [2.75, 3.05) is 26.8 Å². The molecule has 0 radical (unpaired) electrons. The lowest BCUT2D eigenvalue weighted by molar-refractivity contribution is -0.181. The minimum Gasteiger partial charge on any atom is -0.394 e. The van der Waals surface area contributed by atoms with E-state index >= 15 is 0 Å². The van der Waals surface area contributed by atoms with E-state index in [9.17, 15) is 9.90 Å². The van der Waals surface area contributed by atoms with Gasteiger partial charge in [-0.25, -0.2) is 0 Å². The van der Waals surface area contributed by atoms with E-state index in [4.69, 9.17) is 9.47 Å². The number of aliphatic hydroxyl groups is 1. The van der Waals surface area contributed by atoms with Crippen LogP contribution >= 0.6 is 0 Å². The molecule has 1 aliphatic heterocycles. The van der Waals surface area contributed by atoms with Crippen LogP contribution in [-0.2, 0) is 14.3 Å². The second-order valence-electron chi connectivity index (χ2n) is 5.66. The first-order valence-corrected chi connectivity index (χ1v) is 6.41. The van der Waals surface area contributed by atoms with Gasteiger partial charge in [-0.2, -0.15) is 0 Å². The molecule has 0 aromatic rings. The molecule has 5 nitrogen and oxygen atoms in total. The maximum atomic E-state index is 12.5. The molecule has 1 fully saturated rings. The van der Waals surface area contributed by atoms with Gasteiger partial charge in [-0.05, 0) is 27.2 Å². The molecule has 2 unspecified atom stereocenters. The van der Waals surface area contributed by atoms with Crippen LogP contribution in [0.25, 0.3) is 0 Å². The summed E-state index contributed by atoms with van der Waals surface area (Å²) in [5, 5.41) is 9.25. The number of carbonyl (C=O) groups is 1. The summed E-state index contributed by atoms with van der Waals surface area (Å²) >= 11 is 0. The maximum absolute atomic E-state index is 12.5. The van der Waals surface area contributed by atoms with Crippen molar-refractivity contribution in [1.82, 2.24) is 4.90 Å². The molecule has 2 atom stereocenters. The van der Waals surface area contributed by atoms with Gasteiger partial charge in [0.1, 0.15) is 5.60 Å². The molecule has 0 aliphatic carbocycles. The molecule has 1 saturated heterocycles. The summed E-state index contributed by atoms with van der Waals surface area (Å²) in [6.45, 7) is 8.42. The summed E-state index contributed by atoms with van der Waals surface area (Å²) in [5.74, 6) is -0.0395. The van der Waals surface area contributed by atoms with Gasteiger partial charge in [-0.3, -0.25) is 4.79 Å². The summed E-state index contributed by atoms with van der Waals surface area (Å²) in [7, 11) is 1.55. The Morgan fingerprint density at radius 1 is 1.61 bits per heavy atom. The quantitative estimate of drug-likeness (QED) is 0.811. The molecule has 5 heteroatoms. The van der Waals surface area contributed by atoms with Gasteiger partial charge in [0.05, 0.1) is 18.3 Å². The van der Waals surface area contributed by atoms with E-state index in [1.807, 2.05) is 20.8 Å². The van der Waals surface area contributed by atoms with E-state index in [0.29, 0.717) is 19.5 Å². The number of amides is 1. The fraction of sp³-hybridized carbons (Fsp3) is 0.923. The number of methoxy groups -OCH3 is 1. The lowest BCUT2D eigenvalue weighted by atomic mass is 9.98. The lowest BCUT2D eigenvalue weighted by Gasteiger charge is -2.44. The van der Waals surface area contributed by atoms with E-state index in [-0.39, 0.29) is 18.6 Å². The average Bonchev–Trinajstić information content (AvgIpc) is 2.34. The van der Waals surface area contributed by atoms with Gasteiger partial charge < -0.3 is 19.5 Å². The van der Waals surface area contributed by atoms with Crippen molar-refractivity contribution in [1.29, 1.82) is 0 Å². The molecule has 0 aromatic carbocycles. The largest absolute Gasteiger partial charge is 0.394 e. The average molecular weight is 259 g/mol. The molecule has 0 saturated carbocycles. The smallest absolute Gasteiger partial charge is 0.254 e. The highest BCUT2D eigenvalue weighted by molar-refractivity contribution is 5.85. The number of carbonyl (C=O) groups excluding carboxylic acids is 1. The van der Waals surface area contributed by atoms with Gasteiger partial charge in [0, 0.05) is 20.2 Å². The zero-order valence-electron chi connectivity index (χ0n) is 12.0. The third kappa shape index (κ3) is 3.22. The summed E-state index contributed by atoms with van der Waals surface area (Å²) in [6, 6.07) is 0. The standard InChI is InChI=1S/C13H25NO4/c1-6-13(4,17-5)11(16)14-7-10(8-15)18-12(2,3)9-14/h10,15H,6-9H2,1-5H3. The topological polar surface area (TPSA) is 59.0 Å². The summed E-state index contributed by atoms with van der Waals surface area (Å²) in [4.78, 5) is 14.2. The Kier molecular flexibility index (Phi) is 4.75. The SMILES string of the molecule is CCC(C)(OC)C(=O)N1CC(CO)OC(C)(C)C1. The maximum Gasteiger partial charge on any atom is 0.254 e. The highest BCUT2D eigenvalue weighted by Gasteiger charge is 2.41. The van der Waals surface area contributed by atoms with Crippen molar-refractivity contribution in [2.24, 2.45) is 0 Å². The summed E-state index contributed by atoms with van der Waals surface area (Å²) < 4.78 is 11.0. The highest BCUT2D eigenvalue weighted by Crippen LogP contribution is 2.25. The van der Waals surface area contributed by atoms with Crippen molar-refractivity contribution < 1.29 is 19.4 Å². The number of hydrogen-bond donors (Lipinski definition) is 1. The van der Waals surface area contributed by atoms with Crippen molar-refractivity contribution in [3.05, 3.63) is 0 Å². The molecular weight excluding hydrogens is 234 g/mol. The first-order valence-electron chi connectivity index (χ1n) is 6.41. The zero-order chi connectivity index (χ0) is 14.0. The molecule has 18 heavy (non-hydrogen) atoms. The Morgan fingerprint density at radius 3 is 2.67 bits per heavy atom. The van der Waals surface area contributed by atoms with Crippen molar-refractivity contribution in [2.45, 2.75) is 51.4 Å². The Hall–Kier alpha value is -0.650. The van der Waals surface area contributed by atoms with Crippen LogP contribution in [0.15, 0.2) is 0 Å². The van der Waals surface area contributed by atoms with Crippen LogP contribution in [0.3, 0.4) is 0 Å². The predicted octanol–water partition coefficient (Wildman–Crippen LogP) is 0.800.